The molecule has 0 aliphatic carbocycles. The molecule has 0 aromatic heterocycles. The van der Waals surface area contributed by atoms with Gasteiger partial charge in [0, 0.05) is 23.2 Å². The Bertz CT molecular complexity index is 396. The van der Waals surface area contributed by atoms with Crippen LogP contribution in [0.25, 0.3) is 0 Å². The lowest BCUT2D eigenvalue weighted by atomic mass is 9.93. The summed E-state index contributed by atoms with van der Waals surface area (Å²) < 4.78 is 0. The van der Waals surface area contributed by atoms with Gasteiger partial charge in [0.05, 0.1) is 4.92 Å². The van der Waals surface area contributed by atoms with Gasteiger partial charge >= 0.3 is 0 Å². The van der Waals surface area contributed by atoms with Gasteiger partial charge in [0.15, 0.2) is 0 Å². The Kier molecular flexibility index (Phi) is 4.26. The van der Waals surface area contributed by atoms with Crippen molar-refractivity contribution in [3.63, 3.8) is 0 Å². The number of nitrogens with two attached hydrogens (primary N) is 1. The lowest BCUT2D eigenvalue weighted by Gasteiger charge is -2.19. The van der Waals surface area contributed by atoms with E-state index in [0.717, 1.165) is 6.42 Å². The molecule has 0 heterocycles. The average Bonchev–Trinajstić information content (AvgIpc) is 2.27. The van der Waals surface area contributed by atoms with Crippen LogP contribution in [0.4, 0.5) is 5.69 Å². The molecule has 0 saturated heterocycles. The molecule has 88 valence electrons. The fourth-order valence-corrected chi connectivity index (χ4v) is 1.70. The van der Waals surface area contributed by atoms with Gasteiger partial charge in [-0.05, 0) is 17.5 Å². The van der Waals surface area contributed by atoms with Crippen LogP contribution in [0.2, 0.25) is 5.02 Å². The number of halogens is 1. The van der Waals surface area contributed by atoms with Crippen LogP contribution in [-0.4, -0.2) is 4.92 Å². The van der Waals surface area contributed by atoms with Crippen molar-refractivity contribution in [2.24, 2.45) is 11.7 Å². The minimum absolute atomic E-state index is 0.0261. The van der Waals surface area contributed by atoms with Gasteiger partial charge in [-0.3, -0.25) is 10.1 Å². The van der Waals surface area contributed by atoms with Crippen LogP contribution in [0, 0.1) is 16.0 Å². The van der Waals surface area contributed by atoms with Crippen LogP contribution in [0.1, 0.15) is 31.9 Å². The Hall–Kier alpha value is -1.13. The lowest BCUT2D eigenvalue weighted by Crippen LogP contribution is -2.19. The lowest BCUT2D eigenvalue weighted by molar-refractivity contribution is -0.384. The predicted molar refractivity (Wildman–Crippen MR) is 64.5 cm³/mol. The highest BCUT2D eigenvalue weighted by Crippen LogP contribution is 2.30. The number of hydrogen-bond acceptors (Lipinski definition) is 3. The maximum atomic E-state index is 10.6. The van der Waals surface area contributed by atoms with E-state index in [4.69, 9.17) is 17.3 Å². The third-order valence-electron chi connectivity index (χ3n) is 2.81. The molecule has 2 atom stereocenters. The highest BCUT2D eigenvalue weighted by molar-refractivity contribution is 6.31. The summed E-state index contributed by atoms with van der Waals surface area (Å²) in [5.74, 6) is 0.236. The second kappa shape index (κ2) is 5.27. The second-order valence-corrected chi connectivity index (χ2v) is 4.28. The summed E-state index contributed by atoms with van der Waals surface area (Å²) in [7, 11) is 0. The van der Waals surface area contributed by atoms with Crippen LogP contribution in [-0.2, 0) is 0 Å². The van der Waals surface area contributed by atoms with Gasteiger partial charge in [0.2, 0.25) is 0 Å². The van der Waals surface area contributed by atoms with Crippen LogP contribution in [0.15, 0.2) is 18.2 Å². The number of rotatable bonds is 4. The third-order valence-corrected chi connectivity index (χ3v) is 3.15. The zero-order valence-corrected chi connectivity index (χ0v) is 10.1. The zero-order valence-electron chi connectivity index (χ0n) is 9.31. The molecule has 5 heteroatoms. The smallest absolute Gasteiger partial charge is 0.269 e. The summed E-state index contributed by atoms with van der Waals surface area (Å²) in [4.78, 5) is 10.2. The Morgan fingerprint density at radius 2 is 2.19 bits per heavy atom. The highest BCUT2D eigenvalue weighted by atomic mass is 35.5. The van der Waals surface area contributed by atoms with Crippen LogP contribution >= 0.6 is 11.6 Å². The first-order valence-electron chi connectivity index (χ1n) is 5.16. The van der Waals surface area contributed by atoms with Crippen molar-refractivity contribution < 1.29 is 4.92 Å². The Balaban J connectivity index is 3.11. The Labute approximate surface area is 99.6 Å². The fourth-order valence-electron chi connectivity index (χ4n) is 1.46. The number of nitro benzene ring substituents is 1. The van der Waals surface area contributed by atoms with E-state index in [-0.39, 0.29) is 17.6 Å². The zero-order chi connectivity index (χ0) is 12.3. The van der Waals surface area contributed by atoms with Gasteiger partial charge in [-0.2, -0.15) is 0 Å². The topological polar surface area (TPSA) is 69.2 Å². The summed E-state index contributed by atoms with van der Waals surface area (Å²) >= 11 is 5.99. The molecule has 1 aromatic rings. The number of nitrogens with zero attached hydrogens (tertiary/aromatic N) is 1. The molecule has 0 fully saturated rings. The molecule has 0 radical (unpaired) electrons. The molecular formula is C11H15ClN2O2. The molecule has 0 spiro atoms. The maximum absolute atomic E-state index is 10.6. The van der Waals surface area contributed by atoms with E-state index >= 15 is 0 Å². The van der Waals surface area contributed by atoms with Crippen molar-refractivity contribution in [1.29, 1.82) is 0 Å². The van der Waals surface area contributed by atoms with Crippen molar-refractivity contribution in [2.75, 3.05) is 0 Å². The summed E-state index contributed by atoms with van der Waals surface area (Å²) in [6.45, 7) is 4.02. The van der Waals surface area contributed by atoms with Crippen molar-refractivity contribution in [2.45, 2.75) is 26.3 Å². The summed E-state index contributed by atoms with van der Waals surface area (Å²) in [5.41, 5.74) is 6.68. The van der Waals surface area contributed by atoms with Gasteiger partial charge in [-0.1, -0.05) is 31.9 Å². The molecule has 2 N–H and O–H groups in total. The van der Waals surface area contributed by atoms with Gasteiger partial charge in [0.25, 0.3) is 5.69 Å². The van der Waals surface area contributed by atoms with Crippen molar-refractivity contribution in [3.8, 4) is 0 Å². The van der Waals surface area contributed by atoms with E-state index in [9.17, 15) is 10.1 Å². The standard InChI is InChI=1S/C11H15ClN2O2/c1-3-7(2)11(13)9-6-8(14(15)16)4-5-10(9)12/h4-7,11H,3,13H2,1-2H3/t7?,11-/m0/s1. The second-order valence-electron chi connectivity index (χ2n) is 3.87. The first kappa shape index (κ1) is 12.9. The number of hydrogen-bond donors (Lipinski definition) is 1. The molecule has 0 amide bonds. The van der Waals surface area contributed by atoms with Crippen molar-refractivity contribution in [3.05, 3.63) is 38.9 Å². The van der Waals surface area contributed by atoms with E-state index in [1.54, 1.807) is 0 Å². The third kappa shape index (κ3) is 2.71. The molecule has 0 bridgehead atoms. The van der Waals surface area contributed by atoms with E-state index in [2.05, 4.69) is 0 Å². The van der Waals surface area contributed by atoms with Crippen LogP contribution in [0.3, 0.4) is 0 Å². The van der Waals surface area contributed by atoms with Gasteiger partial charge in [-0.25, -0.2) is 0 Å². The summed E-state index contributed by atoms with van der Waals surface area (Å²) in [5, 5.41) is 11.1. The SMILES string of the molecule is CCC(C)[C@H](N)c1cc([N+](=O)[O-])ccc1Cl. The average molecular weight is 243 g/mol. The van der Waals surface area contributed by atoms with Crippen LogP contribution < -0.4 is 5.73 Å². The quantitative estimate of drug-likeness (QED) is 0.651. The molecule has 0 aliphatic heterocycles. The first-order valence-corrected chi connectivity index (χ1v) is 5.54. The van der Waals surface area contributed by atoms with Crippen molar-refractivity contribution >= 4 is 17.3 Å². The fraction of sp³-hybridized carbons (Fsp3) is 0.455. The number of benzene rings is 1. The van der Waals surface area contributed by atoms with Gasteiger partial charge < -0.3 is 5.73 Å². The molecule has 1 unspecified atom stereocenters. The highest BCUT2D eigenvalue weighted by Gasteiger charge is 2.19. The van der Waals surface area contributed by atoms with Crippen LogP contribution in [0.5, 0.6) is 0 Å². The van der Waals surface area contributed by atoms with E-state index < -0.39 is 4.92 Å². The van der Waals surface area contributed by atoms with Gasteiger partial charge in [0.1, 0.15) is 0 Å². The summed E-state index contributed by atoms with van der Waals surface area (Å²) in [6.07, 6.45) is 0.903. The summed E-state index contributed by atoms with van der Waals surface area (Å²) in [6, 6.07) is 4.10. The largest absolute Gasteiger partial charge is 0.324 e. The van der Waals surface area contributed by atoms with E-state index in [1.807, 2.05) is 13.8 Å². The van der Waals surface area contributed by atoms with Gasteiger partial charge in [-0.15, -0.1) is 0 Å². The number of nitro groups is 1. The molecule has 1 rings (SSSR count). The molecule has 4 nitrogen and oxygen atoms in total. The molecule has 0 saturated carbocycles. The molecule has 1 aromatic carbocycles. The monoisotopic (exact) mass is 242 g/mol. The Morgan fingerprint density at radius 3 is 2.69 bits per heavy atom. The van der Waals surface area contributed by atoms with E-state index in [1.165, 1.54) is 18.2 Å². The normalized spacial score (nSPS) is 14.5. The minimum Gasteiger partial charge on any atom is -0.324 e. The molecular weight excluding hydrogens is 228 g/mol. The first-order chi connectivity index (χ1) is 7.47. The molecule has 16 heavy (non-hydrogen) atoms. The Morgan fingerprint density at radius 1 is 1.56 bits per heavy atom. The maximum Gasteiger partial charge on any atom is 0.269 e. The van der Waals surface area contributed by atoms with Crippen molar-refractivity contribution in [1.82, 2.24) is 0 Å². The molecule has 0 aliphatic rings. The number of non-ortho nitro benzene ring substituents is 1. The minimum atomic E-state index is -0.441. The predicted octanol–water partition coefficient (Wildman–Crippen LogP) is 3.29. The van der Waals surface area contributed by atoms with E-state index in [0.29, 0.717) is 10.6 Å².